The number of likely N-dealkylation sites (tertiary alicyclic amines) is 1. The molecular weight excluding hydrogens is 464 g/mol. The molecule has 1 amide bonds. The molecule has 2 aromatic rings. The quantitative estimate of drug-likeness (QED) is 0.632. The highest BCUT2D eigenvalue weighted by Crippen LogP contribution is 2.65. The lowest BCUT2D eigenvalue weighted by atomic mass is 9.48. The molecule has 1 spiro atoms. The number of hydrogen-bond donors (Lipinski definition) is 2. The summed E-state index contributed by atoms with van der Waals surface area (Å²) >= 11 is 0. The number of hydrogen-bond acceptors (Lipinski definition) is 5. The SMILES string of the molecule is Cc1cccc(C#CC(=O)N(CC(C)C)[C@@H]2CC[C@@]3(O)[C@H]4Cc5ccc(O)c6c5[C@@]3(CCN4C)[C@H]2O6)c1. The average molecular weight is 501 g/mol. The van der Waals surface area contributed by atoms with Gasteiger partial charge in [0.05, 0.1) is 17.1 Å². The van der Waals surface area contributed by atoms with Gasteiger partial charge in [0, 0.05) is 29.6 Å². The van der Waals surface area contributed by atoms with Crippen LogP contribution in [0, 0.1) is 24.7 Å². The summed E-state index contributed by atoms with van der Waals surface area (Å²) in [5.41, 5.74) is 2.39. The first-order chi connectivity index (χ1) is 17.7. The number of carbonyl (C=O) groups is 1. The second-order valence-corrected chi connectivity index (χ2v) is 11.9. The number of amides is 1. The number of aliphatic hydroxyl groups is 1. The zero-order valence-electron chi connectivity index (χ0n) is 22.1. The number of phenolic OH excluding ortho intramolecular Hbond substituents is 1. The maximum atomic E-state index is 13.7. The molecule has 2 bridgehead atoms. The summed E-state index contributed by atoms with van der Waals surface area (Å²) < 4.78 is 6.64. The van der Waals surface area contributed by atoms with Crippen LogP contribution in [0.5, 0.6) is 11.5 Å². The van der Waals surface area contributed by atoms with Gasteiger partial charge in [-0.25, -0.2) is 0 Å². The van der Waals surface area contributed by atoms with E-state index >= 15 is 0 Å². The number of rotatable bonds is 3. The first kappa shape index (κ1) is 24.3. The summed E-state index contributed by atoms with van der Waals surface area (Å²) in [5.74, 6) is 6.62. The Hall–Kier alpha value is -3.01. The molecule has 6 heteroatoms. The van der Waals surface area contributed by atoms with E-state index in [-0.39, 0.29) is 29.7 Å². The van der Waals surface area contributed by atoms with E-state index in [4.69, 9.17) is 4.74 Å². The summed E-state index contributed by atoms with van der Waals surface area (Å²) in [6, 6.07) is 11.3. The van der Waals surface area contributed by atoms with Crippen molar-refractivity contribution < 1.29 is 19.7 Å². The molecule has 194 valence electrons. The van der Waals surface area contributed by atoms with Gasteiger partial charge in [-0.15, -0.1) is 0 Å². The summed E-state index contributed by atoms with van der Waals surface area (Å²) in [7, 11) is 2.09. The molecule has 2 heterocycles. The lowest BCUT2D eigenvalue weighted by Gasteiger charge is -2.64. The van der Waals surface area contributed by atoms with Crippen molar-refractivity contribution in [1.29, 1.82) is 0 Å². The molecule has 2 aromatic carbocycles. The molecule has 0 aromatic heterocycles. The number of benzene rings is 2. The third-order valence-corrected chi connectivity index (χ3v) is 9.25. The molecule has 6 nitrogen and oxygen atoms in total. The van der Waals surface area contributed by atoms with Crippen molar-refractivity contribution in [3.05, 3.63) is 58.7 Å². The van der Waals surface area contributed by atoms with E-state index in [2.05, 4.69) is 37.6 Å². The Morgan fingerprint density at radius 3 is 2.84 bits per heavy atom. The van der Waals surface area contributed by atoms with Crippen LogP contribution in [-0.2, 0) is 16.6 Å². The molecule has 2 fully saturated rings. The minimum atomic E-state index is -0.979. The number of aromatic hydroxyl groups is 1. The number of likely N-dealkylation sites (N-methyl/N-ethyl adjacent to an activating group) is 1. The lowest BCUT2D eigenvalue weighted by molar-refractivity contribution is -0.197. The van der Waals surface area contributed by atoms with Crippen LogP contribution in [0.25, 0.3) is 0 Å². The third-order valence-electron chi connectivity index (χ3n) is 9.25. The van der Waals surface area contributed by atoms with E-state index in [1.54, 1.807) is 6.07 Å². The first-order valence-corrected chi connectivity index (χ1v) is 13.5. The molecule has 2 N–H and O–H groups in total. The number of piperidine rings is 1. The summed E-state index contributed by atoms with van der Waals surface area (Å²) in [6.07, 6.45) is 2.22. The Morgan fingerprint density at radius 2 is 2.08 bits per heavy atom. The standard InChI is InChI=1S/C31H36N2O4/c1-19(2)18-33(26(35)11-8-21-7-5-6-20(3)16-21)23-12-13-31(36)25-17-22-9-10-24(34)28-27(22)30(31,29(23)37-28)14-15-32(25)4/h5-7,9-10,16,19,23,25,29,34,36H,12-15,17-18H2,1-4H3/t23-,25-,29+,30+,31-/m1/s1. The van der Waals surface area contributed by atoms with Crippen LogP contribution in [0.15, 0.2) is 36.4 Å². The molecule has 1 saturated heterocycles. The van der Waals surface area contributed by atoms with Gasteiger partial charge in [-0.3, -0.25) is 4.79 Å². The van der Waals surface area contributed by atoms with Crippen LogP contribution >= 0.6 is 0 Å². The van der Waals surface area contributed by atoms with Gasteiger partial charge < -0.3 is 24.7 Å². The molecule has 2 aliphatic carbocycles. The number of ether oxygens (including phenoxy) is 1. The molecule has 2 aliphatic heterocycles. The molecule has 1 saturated carbocycles. The predicted octanol–water partition coefficient (Wildman–Crippen LogP) is 3.39. The van der Waals surface area contributed by atoms with Crippen LogP contribution in [-0.4, -0.2) is 69.8 Å². The predicted molar refractivity (Wildman–Crippen MR) is 142 cm³/mol. The smallest absolute Gasteiger partial charge is 0.299 e. The van der Waals surface area contributed by atoms with E-state index in [0.29, 0.717) is 25.1 Å². The second kappa shape index (κ2) is 8.51. The van der Waals surface area contributed by atoms with Crippen molar-refractivity contribution in [3.63, 3.8) is 0 Å². The highest BCUT2D eigenvalue weighted by atomic mass is 16.5. The maximum absolute atomic E-state index is 13.7. The van der Waals surface area contributed by atoms with Gasteiger partial charge in [0.2, 0.25) is 0 Å². The van der Waals surface area contributed by atoms with Gasteiger partial charge >= 0.3 is 0 Å². The Bertz CT molecular complexity index is 1330. The van der Waals surface area contributed by atoms with Crippen molar-refractivity contribution in [1.82, 2.24) is 9.80 Å². The maximum Gasteiger partial charge on any atom is 0.299 e. The van der Waals surface area contributed by atoms with Crippen molar-refractivity contribution in [3.8, 4) is 23.3 Å². The fourth-order valence-electron chi connectivity index (χ4n) is 7.73. The van der Waals surface area contributed by atoms with E-state index in [1.165, 1.54) is 0 Å². The van der Waals surface area contributed by atoms with Gasteiger partial charge in [-0.1, -0.05) is 38.0 Å². The molecular formula is C31H36N2O4. The Kier molecular flexibility index (Phi) is 5.60. The van der Waals surface area contributed by atoms with Crippen molar-refractivity contribution in [2.24, 2.45) is 5.92 Å². The van der Waals surface area contributed by atoms with Gasteiger partial charge in [-0.2, -0.15) is 0 Å². The van der Waals surface area contributed by atoms with E-state index in [1.807, 2.05) is 42.2 Å². The minimum Gasteiger partial charge on any atom is -0.504 e. The second-order valence-electron chi connectivity index (χ2n) is 11.9. The van der Waals surface area contributed by atoms with Crippen LogP contribution in [0.4, 0.5) is 0 Å². The number of phenols is 1. The highest BCUT2D eigenvalue weighted by molar-refractivity contribution is 5.94. The summed E-state index contributed by atoms with van der Waals surface area (Å²) in [4.78, 5) is 17.9. The van der Waals surface area contributed by atoms with E-state index in [9.17, 15) is 15.0 Å². The lowest BCUT2D eigenvalue weighted by Crippen LogP contribution is -2.78. The van der Waals surface area contributed by atoms with Crippen molar-refractivity contribution in [2.45, 2.75) is 75.7 Å². The van der Waals surface area contributed by atoms with E-state index < -0.39 is 17.1 Å². The minimum absolute atomic E-state index is 0.0216. The molecule has 37 heavy (non-hydrogen) atoms. The number of aryl methyl sites for hydroxylation is 1. The molecule has 5 atom stereocenters. The molecule has 0 unspecified atom stereocenters. The van der Waals surface area contributed by atoms with E-state index in [0.717, 1.165) is 41.6 Å². The Balaban J connectivity index is 1.43. The largest absolute Gasteiger partial charge is 0.504 e. The molecule has 0 radical (unpaired) electrons. The monoisotopic (exact) mass is 500 g/mol. The topological polar surface area (TPSA) is 73.2 Å². The van der Waals surface area contributed by atoms with Crippen LogP contribution in [0.3, 0.4) is 0 Å². The normalized spacial score (nSPS) is 31.2. The van der Waals surface area contributed by atoms with Gasteiger partial charge in [0.15, 0.2) is 11.5 Å². The van der Waals surface area contributed by atoms with Gasteiger partial charge in [0.1, 0.15) is 6.10 Å². The van der Waals surface area contributed by atoms with Crippen LogP contribution in [0.2, 0.25) is 0 Å². The zero-order chi connectivity index (χ0) is 26.1. The first-order valence-electron chi connectivity index (χ1n) is 13.5. The summed E-state index contributed by atoms with van der Waals surface area (Å²) in [6.45, 7) is 7.61. The van der Waals surface area contributed by atoms with Crippen LogP contribution < -0.4 is 4.74 Å². The summed E-state index contributed by atoms with van der Waals surface area (Å²) in [5, 5.41) is 23.3. The Morgan fingerprint density at radius 1 is 1.27 bits per heavy atom. The fourth-order valence-corrected chi connectivity index (χ4v) is 7.73. The van der Waals surface area contributed by atoms with Gasteiger partial charge in [-0.05, 0) is 81.4 Å². The average Bonchev–Trinajstić information content (AvgIpc) is 3.21. The van der Waals surface area contributed by atoms with Crippen molar-refractivity contribution >= 4 is 5.91 Å². The number of carbonyl (C=O) groups excluding carboxylic acids is 1. The Labute approximate surface area is 219 Å². The van der Waals surface area contributed by atoms with Gasteiger partial charge in [0.25, 0.3) is 5.91 Å². The molecule has 6 rings (SSSR count). The van der Waals surface area contributed by atoms with Crippen molar-refractivity contribution in [2.75, 3.05) is 20.1 Å². The molecule has 4 aliphatic rings. The fraction of sp³-hybridized carbons (Fsp3) is 0.516. The van der Waals surface area contributed by atoms with Crippen LogP contribution in [0.1, 0.15) is 55.4 Å². The zero-order valence-corrected chi connectivity index (χ0v) is 22.1. The number of nitrogens with zero attached hydrogens (tertiary/aromatic N) is 2. The third kappa shape index (κ3) is 3.44. The highest BCUT2D eigenvalue weighted by Gasteiger charge is 2.73.